The zero-order chi connectivity index (χ0) is 23.8. The fourth-order valence-corrected chi connectivity index (χ4v) is 3.67. The summed E-state index contributed by atoms with van der Waals surface area (Å²) in [6, 6.07) is 20.1. The van der Waals surface area contributed by atoms with Crippen LogP contribution in [-0.2, 0) is 18.3 Å². The van der Waals surface area contributed by atoms with Crippen LogP contribution in [0.1, 0.15) is 33.3 Å². The van der Waals surface area contributed by atoms with Crippen molar-refractivity contribution >= 4 is 0 Å². The molecule has 0 spiro atoms. The third-order valence-corrected chi connectivity index (χ3v) is 5.39. The van der Waals surface area contributed by atoms with Crippen LogP contribution in [0.4, 0.5) is 0 Å². The normalized spacial score (nSPS) is 12.6. The monoisotopic (exact) mass is 451 g/mol. The van der Waals surface area contributed by atoms with E-state index in [2.05, 4.69) is 44.7 Å². The Morgan fingerprint density at radius 1 is 0.939 bits per heavy atom. The second-order valence-electron chi connectivity index (χ2n) is 9.15. The molecule has 0 fully saturated rings. The molecule has 0 saturated carbocycles. The van der Waals surface area contributed by atoms with Crippen LogP contribution in [0.5, 0.6) is 11.6 Å². The SMILES string of the molecule is CC(C)COC[C@@H](O)CN(Cc1c(-c2ccccc2)nn(C)c1Oc1ccccc1)C(C)C. The van der Waals surface area contributed by atoms with E-state index in [-0.39, 0.29) is 6.04 Å². The first-order valence-corrected chi connectivity index (χ1v) is 11.7. The molecule has 3 rings (SSSR count). The number of aliphatic hydroxyl groups excluding tert-OH is 1. The van der Waals surface area contributed by atoms with Crippen LogP contribution in [0.2, 0.25) is 0 Å². The molecule has 3 aromatic rings. The molecule has 0 amide bonds. The molecule has 0 aliphatic heterocycles. The van der Waals surface area contributed by atoms with Gasteiger partial charge in [0.1, 0.15) is 11.4 Å². The molecule has 0 aliphatic rings. The van der Waals surface area contributed by atoms with Crippen molar-refractivity contribution in [2.45, 2.75) is 46.4 Å². The van der Waals surface area contributed by atoms with Crippen LogP contribution in [0.3, 0.4) is 0 Å². The minimum atomic E-state index is -0.568. The molecule has 0 unspecified atom stereocenters. The Morgan fingerprint density at radius 3 is 2.18 bits per heavy atom. The zero-order valence-electron chi connectivity index (χ0n) is 20.4. The fraction of sp³-hybridized carbons (Fsp3) is 0.444. The topological polar surface area (TPSA) is 59.8 Å². The van der Waals surface area contributed by atoms with Crippen LogP contribution in [0.25, 0.3) is 11.3 Å². The maximum Gasteiger partial charge on any atom is 0.222 e. The Hall–Kier alpha value is -2.67. The fourth-order valence-electron chi connectivity index (χ4n) is 3.67. The summed E-state index contributed by atoms with van der Waals surface area (Å²) in [6.07, 6.45) is -0.568. The van der Waals surface area contributed by atoms with E-state index < -0.39 is 6.10 Å². The number of hydrogen-bond acceptors (Lipinski definition) is 5. The molecule has 0 bridgehead atoms. The van der Waals surface area contributed by atoms with E-state index in [4.69, 9.17) is 14.6 Å². The van der Waals surface area contributed by atoms with Gasteiger partial charge in [-0.2, -0.15) is 5.10 Å². The van der Waals surface area contributed by atoms with E-state index in [1.54, 1.807) is 4.68 Å². The first kappa shape index (κ1) is 25.0. The molecular weight excluding hydrogens is 414 g/mol. The van der Waals surface area contributed by atoms with Crippen molar-refractivity contribution in [2.75, 3.05) is 19.8 Å². The molecule has 6 heteroatoms. The predicted molar refractivity (Wildman–Crippen MR) is 132 cm³/mol. The molecule has 1 aromatic heterocycles. The van der Waals surface area contributed by atoms with E-state index in [0.717, 1.165) is 22.6 Å². The van der Waals surface area contributed by atoms with Gasteiger partial charge < -0.3 is 14.6 Å². The van der Waals surface area contributed by atoms with Crippen LogP contribution < -0.4 is 4.74 Å². The van der Waals surface area contributed by atoms with Gasteiger partial charge >= 0.3 is 0 Å². The lowest BCUT2D eigenvalue weighted by molar-refractivity contribution is 0.00166. The van der Waals surface area contributed by atoms with Gasteiger partial charge in [-0.3, -0.25) is 4.90 Å². The first-order chi connectivity index (χ1) is 15.8. The lowest BCUT2D eigenvalue weighted by Crippen LogP contribution is -2.39. The summed E-state index contributed by atoms with van der Waals surface area (Å²) in [7, 11) is 1.91. The number of aryl methyl sites for hydroxylation is 1. The average Bonchev–Trinajstić information content (AvgIpc) is 3.09. The molecule has 2 aromatic carbocycles. The molecule has 0 aliphatic carbocycles. The molecule has 0 radical (unpaired) electrons. The van der Waals surface area contributed by atoms with Crippen molar-refractivity contribution in [1.29, 1.82) is 0 Å². The highest BCUT2D eigenvalue weighted by molar-refractivity contribution is 5.65. The Kier molecular flexibility index (Phi) is 9.06. The second-order valence-corrected chi connectivity index (χ2v) is 9.15. The van der Waals surface area contributed by atoms with Crippen LogP contribution in [-0.4, -0.2) is 51.7 Å². The van der Waals surface area contributed by atoms with Crippen molar-refractivity contribution in [3.8, 4) is 22.9 Å². The molecule has 6 nitrogen and oxygen atoms in total. The van der Waals surface area contributed by atoms with Crippen molar-refractivity contribution in [2.24, 2.45) is 13.0 Å². The number of hydrogen-bond donors (Lipinski definition) is 1. The van der Waals surface area contributed by atoms with Crippen molar-refractivity contribution < 1.29 is 14.6 Å². The summed E-state index contributed by atoms with van der Waals surface area (Å²) in [5.74, 6) is 1.91. The standard InChI is InChI=1S/C27H37N3O3/c1-20(2)18-32-19-23(31)16-30(21(3)4)17-25-26(22-12-8-6-9-13-22)28-29(5)27(25)33-24-14-10-7-11-15-24/h6-15,20-21,23,31H,16-19H2,1-5H3/t23-/m0/s1. The smallest absolute Gasteiger partial charge is 0.222 e. The number of benzene rings is 2. The van der Waals surface area contributed by atoms with Gasteiger partial charge in [0.15, 0.2) is 0 Å². The molecule has 1 heterocycles. The van der Waals surface area contributed by atoms with Gasteiger partial charge in [-0.05, 0) is 31.9 Å². The first-order valence-electron chi connectivity index (χ1n) is 11.7. The highest BCUT2D eigenvalue weighted by atomic mass is 16.5. The van der Waals surface area contributed by atoms with Crippen LogP contribution in [0.15, 0.2) is 60.7 Å². The summed E-state index contributed by atoms with van der Waals surface area (Å²) < 4.78 is 13.8. The third kappa shape index (κ3) is 7.16. The predicted octanol–water partition coefficient (Wildman–Crippen LogP) is 5.12. The molecule has 0 saturated heterocycles. The summed E-state index contributed by atoms with van der Waals surface area (Å²) in [5, 5.41) is 15.5. The highest BCUT2D eigenvalue weighted by Gasteiger charge is 2.24. The number of rotatable bonds is 12. The van der Waals surface area contributed by atoms with E-state index in [1.807, 2.05) is 55.6 Å². The van der Waals surface area contributed by atoms with Crippen LogP contribution in [0, 0.1) is 5.92 Å². The Morgan fingerprint density at radius 2 is 1.58 bits per heavy atom. The third-order valence-electron chi connectivity index (χ3n) is 5.39. The van der Waals surface area contributed by atoms with Crippen molar-refractivity contribution in [3.63, 3.8) is 0 Å². The van der Waals surface area contributed by atoms with Crippen LogP contribution >= 0.6 is 0 Å². The van der Waals surface area contributed by atoms with Gasteiger partial charge in [-0.25, -0.2) is 4.68 Å². The van der Waals surface area contributed by atoms with Crippen molar-refractivity contribution in [1.82, 2.24) is 14.7 Å². The molecular formula is C27H37N3O3. The van der Waals surface area contributed by atoms with E-state index in [0.29, 0.717) is 38.1 Å². The largest absolute Gasteiger partial charge is 0.439 e. The molecule has 1 atom stereocenters. The van der Waals surface area contributed by atoms with Crippen molar-refractivity contribution in [3.05, 3.63) is 66.2 Å². The molecule has 1 N–H and O–H groups in total. The van der Waals surface area contributed by atoms with Gasteiger partial charge in [-0.15, -0.1) is 0 Å². The lowest BCUT2D eigenvalue weighted by Gasteiger charge is -2.29. The summed E-state index contributed by atoms with van der Waals surface area (Å²) in [4.78, 5) is 2.24. The lowest BCUT2D eigenvalue weighted by atomic mass is 10.1. The second kappa shape index (κ2) is 12.0. The summed E-state index contributed by atoms with van der Waals surface area (Å²) >= 11 is 0. The maximum absolute atomic E-state index is 10.6. The Labute approximate surface area is 197 Å². The van der Waals surface area contributed by atoms with Gasteiger partial charge in [-0.1, -0.05) is 62.4 Å². The number of ether oxygens (including phenoxy) is 2. The molecule has 33 heavy (non-hydrogen) atoms. The van der Waals surface area contributed by atoms with Gasteiger partial charge in [0.05, 0.1) is 18.3 Å². The minimum Gasteiger partial charge on any atom is -0.439 e. The maximum atomic E-state index is 10.6. The van der Waals surface area contributed by atoms with E-state index in [9.17, 15) is 5.11 Å². The molecule has 178 valence electrons. The Balaban J connectivity index is 1.89. The highest BCUT2D eigenvalue weighted by Crippen LogP contribution is 2.34. The van der Waals surface area contributed by atoms with Gasteiger partial charge in [0.2, 0.25) is 5.88 Å². The summed E-state index contributed by atoms with van der Waals surface area (Å²) in [6.45, 7) is 10.6. The number of aliphatic hydroxyl groups is 1. The minimum absolute atomic E-state index is 0.221. The number of aromatic nitrogens is 2. The number of para-hydroxylation sites is 1. The zero-order valence-corrected chi connectivity index (χ0v) is 20.4. The van der Waals surface area contributed by atoms with Gasteiger partial charge in [0.25, 0.3) is 0 Å². The van der Waals surface area contributed by atoms with Gasteiger partial charge in [0, 0.05) is 38.3 Å². The van der Waals surface area contributed by atoms with E-state index >= 15 is 0 Å². The van der Waals surface area contributed by atoms with E-state index in [1.165, 1.54) is 0 Å². The average molecular weight is 452 g/mol. The number of nitrogens with zero attached hydrogens (tertiary/aromatic N) is 3. The Bertz CT molecular complexity index is 971. The summed E-state index contributed by atoms with van der Waals surface area (Å²) in [5.41, 5.74) is 2.92. The quantitative estimate of drug-likeness (QED) is 0.414.